The van der Waals surface area contributed by atoms with Crippen LogP contribution in [0.3, 0.4) is 0 Å². The van der Waals surface area contributed by atoms with Gasteiger partial charge in [-0.3, -0.25) is 9.69 Å². The summed E-state index contributed by atoms with van der Waals surface area (Å²) >= 11 is 0. The van der Waals surface area contributed by atoms with Crippen molar-refractivity contribution in [3.63, 3.8) is 0 Å². The van der Waals surface area contributed by atoms with Gasteiger partial charge in [0, 0.05) is 6.04 Å². The lowest BCUT2D eigenvalue weighted by Gasteiger charge is -2.38. The monoisotopic (exact) mass is 268 g/mol. The number of halogens is 3. The molecule has 0 saturated carbocycles. The molecule has 1 aliphatic rings. The summed E-state index contributed by atoms with van der Waals surface area (Å²) in [5, 5.41) is 11.1. The molecule has 0 aliphatic carbocycles. The Bertz CT molecular complexity index is 284. The van der Waals surface area contributed by atoms with Crippen molar-refractivity contribution in [3.05, 3.63) is 0 Å². The Morgan fingerprint density at radius 1 is 1.50 bits per heavy atom. The summed E-state index contributed by atoms with van der Waals surface area (Å²) in [6.07, 6.45) is -2.53. The predicted molar refractivity (Wildman–Crippen MR) is 59.9 cm³/mol. The van der Waals surface area contributed by atoms with Crippen LogP contribution in [0.1, 0.15) is 19.8 Å². The molecular formula is C11H19F3N2O2. The molecule has 4 nitrogen and oxygen atoms in total. The van der Waals surface area contributed by atoms with Crippen molar-refractivity contribution in [3.8, 4) is 0 Å². The average Bonchev–Trinajstić information content (AvgIpc) is 2.26. The van der Waals surface area contributed by atoms with E-state index in [9.17, 15) is 23.1 Å². The molecule has 0 aromatic rings. The van der Waals surface area contributed by atoms with E-state index in [4.69, 9.17) is 0 Å². The van der Waals surface area contributed by atoms with Gasteiger partial charge in [0.05, 0.1) is 13.2 Å². The third-order valence-electron chi connectivity index (χ3n) is 3.25. The van der Waals surface area contributed by atoms with E-state index in [-0.39, 0.29) is 25.1 Å². The molecule has 2 atom stereocenters. The number of alkyl halides is 3. The number of hydrogen-bond acceptors (Lipinski definition) is 3. The minimum Gasteiger partial charge on any atom is -0.395 e. The maximum Gasteiger partial charge on any atom is 0.405 e. The second kappa shape index (κ2) is 6.38. The zero-order chi connectivity index (χ0) is 13.8. The molecule has 0 aromatic heterocycles. The first-order valence-electron chi connectivity index (χ1n) is 6.02. The lowest BCUT2D eigenvalue weighted by atomic mass is 9.91. The summed E-state index contributed by atoms with van der Waals surface area (Å²) in [7, 11) is 0. The molecule has 2 unspecified atom stereocenters. The highest BCUT2D eigenvalue weighted by Gasteiger charge is 2.31. The number of nitrogens with one attached hydrogen (secondary N) is 1. The Kier molecular flexibility index (Phi) is 5.40. The number of rotatable bonds is 4. The molecule has 1 fully saturated rings. The number of carbonyl (C=O) groups excluding carboxylic acids is 1. The van der Waals surface area contributed by atoms with Crippen LogP contribution in [0, 0.1) is 5.92 Å². The van der Waals surface area contributed by atoms with E-state index < -0.39 is 18.6 Å². The van der Waals surface area contributed by atoms with Gasteiger partial charge in [0.2, 0.25) is 5.91 Å². The van der Waals surface area contributed by atoms with Crippen molar-refractivity contribution < 1.29 is 23.1 Å². The highest BCUT2D eigenvalue weighted by Crippen LogP contribution is 2.22. The number of carbonyl (C=O) groups is 1. The van der Waals surface area contributed by atoms with Crippen LogP contribution in [0.4, 0.5) is 13.2 Å². The highest BCUT2D eigenvalue weighted by molar-refractivity contribution is 5.78. The molecule has 0 radical (unpaired) electrons. The van der Waals surface area contributed by atoms with Gasteiger partial charge in [-0.1, -0.05) is 6.92 Å². The van der Waals surface area contributed by atoms with Crippen LogP contribution in [-0.2, 0) is 4.79 Å². The summed E-state index contributed by atoms with van der Waals surface area (Å²) in [5.74, 6) is -0.404. The number of nitrogens with zero attached hydrogens (tertiary/aromatic N) is 1. The van der Waals surface area contributed by atoms with E-state index in [0.29, 0.717) is 6.54 Å². The zero-order valence-electron chi connectivity index (χ0n) is 10.3. The van der Waals surface area contributed by atoms with Crippen LogP contribution in [0.5, 0.6) is 0 Å². The van der Waals surface area contributed by atoms with Crippen molar-refractivity contribution in [2.75, 3.05) is 26.2 Å². The summed E-state index contributed by atoms with van der Waals surface area (Å²) in [5.41, 5.74) is 0. The fourth-order valence-corrected chi connectivity index (χ4v) is 2.27. The van der Waals surface area contributed by atoms with Crippen LogP contribution in [0.15, 0.2) is 0 Å². The molecule has 0 bridgehead atoms. The minimum atomic E-state index is -4.39. The Hall–Kier alpha value is -0.820. The maximum atomic E-state index is 11.9. The molecule has 7 heteroatoms. The Morgan fingerprint density at radius 3 is 2.72 bits per heavy atom. The van der Waals surface area contributed by atoms with Gasteiger partial charge in [-0.25, -0.2) is 0 Å². The van der Waals surface area contributed by atoms with Gasteiger partial charge in [-0.2, -0.15) is 13.2 Å². The van der Waals surface area contributed by atoms with E-state index in [0.717, 1.165) is 12.8 Å². The number of likely N-dealkylation sites (tertiary alicyclic amines) is 1. The van der Waals surface area contributed by atoms with Crippen molar-refractivity contribution in [2.24, 2.45) is 5.92 Å². The van der Waals surface area contributed by atoms with Crippen LogP contribution < -0.4 is 5.32 Å². The largest absolute Gasteiger partial charge is 0.405 e. The van der Waals surface area contributed by atoms with Crippen LogP contribution >= 0.6 is 0 Å². The number of aliphatic hydroxyl groups excluding tert-OH is 1. The summed E-state index contributed by atoms with van der Waals surface area (Å²) < 4.78 is 35.8. The number of piperidine rings is 1. The first-order valence-corrected chi connectivity index (χ1v) is 6.02. The van der Waals surface area contributed by atoms with Crippen LogP contribution in [0.25, 0.3) is 0 Å². The van der Waals surface area contributed by atoms with E-state index in [1.807, 2.05) is 12.2 Å². The fraction of sp³-hybridized carbons (Fsp3) is 0.909. The molecule has 1 saturated heterocycles. The Morgan fingerprint density at radius 2 is 2.17 bits per heavy atom. The normalized spacial score (nSPS) is 26.1. The summed E-state index contributed by atoms with van der Waals surface area (Å²) in [6, 6.07) is -0.143. The summed E-state index contributed by atoms with van der Waals surface area (Å²) in [4.78, 5) is 13.1. The van der Waals surface area contributed by atoms with Crippen molar-refractivity contribution >= 4 is 5.91 Å². The van der Waals surface area contributed by atoms with Gasteiger partial charge in [-0.15, -0.1) is 0 Å². The number of hydrogen-bond donors (Lipinski definition) is 2. The molecule has 0 aromatic carbocycles. The number of amides is 1. The lowest BCUT2D eigenvalue weighted by Crippen LogP contribution is -2.51. The van der Waals surface area contributed by atoms with Gasteiger partial charge in [0.25, 0.3) is 0 Å². The fourth-order valence-electron chi connectivity index (χ4n) is 2.27. The smallest absolute Gasteiger partial charge is 0.395 e. The van der Waals surface area contributed by atoms with E-state index in [2.05, 4.69) is 0 Å². The molecule has 2 N–H and O–H groups in total. The molecule has 106 valence electrons. The molecule has 0 spiro atoms. The van der Waals surface area contributed by atoms with Crippen LogP contribution in [-0.4, -0.2) is 54.4 Å². The number of aliphatic hydroxyl groups is 1. The van der Waals surface area contributed by atoms with Crippen LogP contribution in [0.2, 0.25) is 0 Å². The van der Waals surface area contributed by atoms with Gasteiger partial charge in [-0.05, 0) is 25.3 Å². The Balaban J connectivity index is 2.42. The van der Waals surface area contributed by atoms with Crippen molar-refractivity contribution in [1.29, 1.82) is 0 Å². The molecule has 18 heavy (non-hydrogen) atoms. The van der Waals surface area contributed by atoms with Gasteiger partial charge < -0.3 is 10.4 Å². The van der Waals surface area contributed by atoms with E-state index >= 15 is 0 Å². The van der Waals surface area contributed by atoms with Crippen molar-refractivity contribution in [1.82, 2.24) is 10.2 Å². The predicted octanol–water partition coefficient (Wildman–Crippen LogP) is 0.758. The molecular weight excluding hydrogens is 249 g/mol. The van der Waals surface area contributed by atoms with E-state index in [1.165, 1.54) is 0 Å². The topological polar surface area (TPSA) is 52.6 Å². The second-order valence-electron chi connectivity index (χ2n) is 4.73. The first kappa shape index (κ1) is 15.2. The van der Waals surface area contributed by atoms with Gasteiger partial charge in [0.1, 0.15) is 6.54 Å². The van der Waals surface area contributed by atoms with E-state index in [1.54, 1.807) is 4.90 Å². The summed E-state index contributed by atoms with van der Waals surface area (Å²) in [6.45, 7) is 1.13. The van der Waals surface area contributed by atoms with Gasteiger partial charge in [0.15, 0.2) is 0 Å². The zero-order valence-corrected chi connectivity index (χ0v) is 10.3. The molecule has 1 rings (SSSR count). The Labute approximate surface area is 104 Å². The minimum absolute atomic E-state index is 0.0757. The standard InChI is InChI=1S/C11H19F3N2O2/c1-8-3-2-4-16(9(8)6-17)5-10(18)15-7-11(12,13)14/h8-9,17H,2-7H2,1H3,(H,15,18). The molecule has 1 aliphatic heterocycles. The second-order valence-corrected chi connectivity index (χ2v) is 4.73. The average molecular weight is 268 g/mol. The van der Waals surface area contributed by atoms with Gasteiger partial charge >= 0.3 is 6.18 Å². The highest BCUT2D eigenvalue weighted by atomic mass is 19.4. The third-order valence-corrected chi connectivity index (χ3v) is 3.25. The SMILES string of the molecule is CC1CCCN(CC(=O)NCC(F)(F)F)C1CO. The van der Waals surface area contributed by atoms with Crippen molar-refractivity contribution in [2.45, 2.75) is 32.0 Å². The first-order chi connectivity index (χ1) is 8.33. The lowest BCUT2D eigenvalue weighted by molar-refractivity contribution is -0.139. The molecule has 1 amide bonds. The molecule has 1 heterocycles. The third kappa shape index (κ3) is 4.81. The maximum absolute atomic E-state index is 11.9. The quantitative estimate of drug-likeness (QED) is 0.791.